The molecule has 106 valence electrons. The molecule has 0 aliphatic heterocycles. The van der Waals surface area contributed by atoms with Crippen molar-refractivity contribution in [3.8, 4) is 0 Å². The van der Waals surface area contributed by atoms with Gasteiger partial charge in [-0.15, -0.1) is 0 Å². The van der Waals surface area contributed by atoms with Crippen molar-refractivity contribution in [2.75, 3.05) is 6.54 Å². The summed E-state index contributed by atoms with van der Waals surface area (Å²) in [5.74, 6) is -0.222. The van der Waals surface area contributed by atoms with Gasteiger partial charge in [-0.2, -0.15) is 13.2 Å². The molecule has 1 aromatic rings. The maximum Gasteiger partial charge on any atom is 0.416 e. The maximum absolute atomic E-state index is 12.3. The third kappa shape index (κ3) is 5.30. The highest BCUT2D eigenvalue weighted by atomic mass is 19.4. The van der Waals surface area contributed by atoms with Gasteiger partial charge in [-0.25, -0.2) is 0 Å². The molecule has 19 heavy (non-hydrogen) atoms. The average molecular weight is 274 g/mol. The summed E-state index contributed by atoms with van der Waals surface area (Å²) in [5.41, 5.74) is 5.19. The highest BCUT2D eigenvalue weighted by molar-refractivity contribution is 5.78. The SMILES string of the molecule is CC(CCN)NC(=O)Cc1ccc(C(F)(F)F)cc1. The third-order valence-corrected chi connectivity index (χ3v) is 2.65. The minimum Gasteiger partial charge on any atom is -0.353 e. The lowest BCUT2D eigenvalue weighted by Crippen LogP contribution is -2.35. The molecule has 0 spiro atoms. The molecule has 1 rings (SSSR count). The zero-order valence-corrected chi connectivity index (χ0v) is 10.6. The molecule has 1 amide bonds. The number of hydrogen-bond donors (Lipinski definition) is 2. The molecular formula is C13H17F3N2O. The van der Waals surface area contributed by atoms with Gasteiger partial charge in [0.15, 0.2) is 0 Å². The molecule has 0 radical (unpaired) electrons. The van der Waals surface area contributed by atoms with E-state index in [1.807, 2.05) is 6.92 Å². The van der Waals surface area contributed by atoms with E-state index in [1.165, 1.54) is 12.1 Å². The first-order valence-corrected chi connectivity index (χ1v) is 5.98. The topological polar surface area (TPSA) is 55.1 Å². The number of amides is 1. The highest BCUT2D eigenvalue weighted by Gasteiger charge is 2.29. The highest BCUT2D eigenvalue weighted by Crippen LogP contribution is 2.29. The number of benzene rings is 1. The first kappa shape index (κ1) is 15.5. The van der Waals surface area contributed by atoms with Crippen molar-refractivity contribution in [1.29, 1.82) is 0 Å². The smallest absolute Gasteiger partial charge is 0.353 e. The van der Waals surface area contributed by atoms with Gasteiger partial charge in [-0.1, -0.05) is 12.1 Å². The van der Waals surface area contributed by atoms with Crippen LogP contribution in [0.2, 0.25) is 0 Å². The van der Waals surface area contributed by atoms with Crippen LogP contribution in [-0.2, 0) is 17.4 Å². The lowest BCUT2D eigenvalue weighted by Gasteiger charge is -2.13. The van der Waals surface area contributed by atoms with Crippen molar-refractivity contribution in [3.05, 3.63) is 35.4 Å². The van der Waals surface area contributed by atoms with E-state index in [2.05, 4.69) is 5.32 Å². The molecule has 1 atom stereocenters. The van der Waals surface area contributed by atoms with Crippen molar-refractivity contribution in [3.63, 3.8) is 0 Å². The number of carbonyl (C=O) groups is 1. The second-order valence-corrected chi connectivity index (χ2v) is 4.42. The van der Waals surface area contributed by atoms with E-state index >= 15 is 0 Å². The molecule has 0 aromatic heterocycles. The molecule has 0 saturated heterocycles. The fourth-order valence-electron chi connectivity index (χ4n) is 1.64. The lowest BCUT2D eigenvalue weighted by molar-refractivity contribution is -0.137. The van der Waals surface area contributed by atoms with Crippen molar-refractivity contribution < 1.29 is 18.0 Å². The Morgan fingerprint density at radius 2 is 1.89 bits per heavy atom. The number of nitrogens with two attached hydrogens (primary N) is 1. The molecule has 3 N–H and O–H groups in total. The largest absolute Gasteiger partial charge is 0.416 e. The van der Waals surface area contributed by atoms with Gasteiger partial charge in [0, 0.05) is 6.04 Å². The van der Waals surface area contributed by atoms with Crippen LogP contribution in [-0.4, -0.2) is 18.5 Å². The normalized spacial score (nSPS) is 13.1. The average Bonchev–Trinajstić information content (AvgIpc) is 2.28. The molecule has 0 aliphatic rings. The monoisotopic (exact) mass is 274 g/mol. The number of halogens is 3. The third-order valence-electron chi connectivity index (χ3n) is 2.65. The summed E-state index contributed by atoms with van der Waals surface area (Å²) in [5, 5.41) is 2.73. The fraction of sp³-hybridized carbons (Fsp3) is 0.462. The summed E-state index contributed by atoms with van der Waals surface area (Å²) in [6, 6.07) is 4.55. The minimum absolute atomic E-state index is 0.0352. The zero-order valence-electron chi connectivity index (χ0n) is 10.6. The first-order chi connectivity index (χ1) is 8.82. The lowest BCUT2D eigenvalue weighted by atomic mass is 10.1. The van der Waals surface area contributed by atoms with Gasteiger partial charge in [0.2, 0.25) is 5.91 Å². The van der Waals surface area contributed by atoms with E-state index in [0.717, 1.165) is 12.1 Å². The minimum atomic E-state index is -4.35. The van der Waals surface area contributed by atoms with Crippen LogP contribution in [0.25, 0.3) is 0 Å². The Bertz CT molecular complexity index is 415. The maximum atomic E-state index is 12.3. The number of rotatable bonds is 5. The summed E-state index contributed by atoms with van der Waals surface area (Å²) in [6.45, 7) is 2.30. The fourth-order valence-corrected chi connectivity index (χ4v) is 1.64. The van der Waals surface area contributed by atoms with Crippen LogP contribution in [0.4, 0.5) is 13.2 Å². The first-order valence-electron chi connectivity index (χ1n) is 5.98. The molecule has 1 aromatic carbocycles. The second kappa shape index (κ2) is 6.56. The predicted molar refractivity (Wildman–Crippen MR) is 66.4 cm³/mol. The van der Waals surface area contributed by atoms with E-state index in [4.69, 9.17) is 5.73 Å². The number of hydrogen-bond acceptors (Lipinski definition) is 2. The van der Waals surface area contributed by atoms with Gasteiger partial charge in [-0.05, 0) is 37.6 Å². The van der Waals surface area contributed by atoms with Gasteiger partial charge in [0.05, 0.1) is 12.0 Å². The van der Waals surface area contributed by atoms with Crippen molar-refractivity contribution in [2.24, 2.45) is 5.73 Å². The van der Waals surface area contributed by atoms with Crippen molar-refractivity contribution in [1.82, 2.24) is 5.32 Å². The molecule has 1 unspecified atom stereocenters. The Balaban J connectivity index is 2.56. The van der Waals surface area contributed by atoms with Crippen LogP contribution >= 0.6 is 0 Å². The molecule has 6 heteroatoms. The summed E-state index contributed by atoms with van der Waals surface area (Å²) in [6.07, 6.45) is -3.62. The number of nitrogens with one attached hydrogen (secondary N) is 1. The molecule has 0 aliphatic carbocycles. The summed E-state index contributed by atoms with van der Waals surface area (Å²) in [7, 11) is 0. The quantitative estimate of drug-likeness (QED) is 0.864. The van der Waals surface area contributed by atoms with Gasteiger partial charge in [0.25, 0.3) is 0 Å². The Morgan fingerprint density at radius 1 is 1.32 bits per heavy atom. The molecule has 0 heterocycles. The van der Waals surface area contributed by atoms with Crippen LogP contribution < -0.4 is 11.1 Å². The Kier molecular flexibility index (Phi) is 5.35. The van der Waals surface area contributed by atoms with E-state index in [-0.39, 0.29) is 18.4 Å². The number of carbonyl (C=O) groups excluding carboxylic acids is 1. The van der Waals surface area contributed by atoms with E-state index in [9.17, 15) is 18.0 Å². The van der Waals surface area contributed by atoms with Crippen LogP contribution in [0.5, 0.6) is 0 Å². The molecule has 3 nitrogen and oxygen atoms in total. The van der Waals surface area contributed by atoms with Crippen LogP contribution in [0.3, 0.4) is 0 Å². The standard InChI is InChI=1S/C13H17F3N2O/c1-9(6-7-17)18-12(19)8-10-2-4-11(5-3-10)13(14,15)16/h2-5,9H,6-8,17H2,1H3,(H,18,19). The van der Waals surface area contributed by atoms with Gasteiger partial charge in [-0.3, -0.25) is 4.79 Å². The predicted octanol–water partition coefficient (Wildman–Crippen LogP) is 2.10. The molecule has 0 fully saturated rings. The molecular weight excluding hydrogens is 257 g/mol. The second-order valence-electron chi connectivity index (χ2n) is 4.42. The van der Waals surface area contributed by atoms with Crippen LogP contribution in [0.1, 0.15) is 24.5 Å². The Labute approximate surface area is 110 Å². The Morgan fingerprint density at radius 3 is 2.37 bits per heavy atom. The van der Waals surface area contributed by atoms with Gasteiger partial charge >= 0.3 is 6.18 Å². The van der Waals surface area contributed by atoms with E-state index < -0.39 is 11.7 Å². The van der Waals surface area contributed by atoms with Crippen LogP contribution in [0, 0.1) is 0 Å². The van der Waals surface area contributed by atoms with Crippen LogP contribution in [0.15, 0.2) is 24.3 Å². The summed E-state index contributed by atoms with van der Waals surface area (Å²) in [4.78, 5) is 11.6. The molecule has 0 bridgehead atoms. The summed E-state index contributed by atoms with van der Waals surface area (Å²) < 4.78 is 37.0. The van der Waals surface area contributed by atoms with Crippen molar-refractivity contribution in [2.45, 2.75) is 32.0 Å². The van der Waals surface area contributed by atoms with E-state index in [1.54, 1.807) is 0 Å². The van der Waals surface area contributed by atoms with Crippen molar-refractivity contribution >= 4 is 5.91 Å². The molecule has 0 saturated carbocycles. The number of alkyl halides is 3. The van der Waals surface area contributed by atoms with E-state index in [0.29, 0.717) is 18.5 Å². The van der Waals surface area contributed by atoms with Gasteiger partial charge in [0.1, 0.15) is 0 Å². The summed E-state index contributed by atoms with van der Waals surface area (Å²) >= 11 is 0. The van der Waals surface area contributed by atoms with Gasteiger partial charge < -0.3 is 11.1 Å². The zero-order chi connectivity index (χ0) is 14.5. The Hall–Kier alpha value is -1.56.